The van der Waals surface area contributed by atoms with Crippen molar-refractivity contribution in [2.75, 3.05) is 12.3 Å². The Labute approximate surface area is 130 Å². The van der Waals surface area contributed by atoms with Crippen molar-refractivity contribution in [1.82, 2.24) is 14.9 Å². The Hall–Kier alpha value is -1.20. The number of nitrogens with zero attached hydrogens (tertiary/aromatic N) is 3. The molecule has 0 bridgehead atoms. The summed E-state index contributed by atoms with van der Waals surface area (Å²) in [6.45, 7) is 10.8. The summed E-state index contributed by atoms with van der Waals surface area (Å²) in [5, 5.41) is 1.04. The van der Waals surface area contributed by atoms with Crippen molar-refractivity contribution in [2.45, 2.75) is 53.1 Å². The van der Waals surface area contributed by atoms with Gasteiger partial charge >= 0.3 is 0 Å². The minimum atomic E-state index is 0.589. The number of aryl methyl sites for hydroxylation is 2. The highest BCUT2D eigenvalue weighted by Crippen LogP contribution is 2.32. The number of likely N-dealkylation sites (tertiary alicyclic amines) is 1. The van der Waals surface area contributed by atoms with E-state index in [0.717, 1.165) is 35.0 Å². The van der Waals surface area contributed by atoms with Gasteiger partial charge in [-0.1, -0.05) is 6.92 Å². The Morgan fingerprint density at radius 3 is 2.81 bits per heavy atom. The van der Waals surface area contributed by atoms with Crippen LogP contribution in [0.1, 0.15) is 43.0 Å². The van der Waals surface area contributed by atoms with Gasteiger partial charge in [-0.25, -0.2) is 9.97 Å². The summed E-state index contributed by atoms with van der Waals surface area (Å²) >= 11 is 1.72. The standard InChI is InChI=1S/C16H24N4S/c1-9-6-5-7-20(11(9)3)8-13-18-15(17)14-10(2)12(4)21-16(14)19-13/h9,11H,5-8H2,1-4H3,(H2,17,18,19). The summed E-state index contributed by atoms with van der Waals surface area (Å²) in [4.78, 5) is 14.1. The van der Waals surface area contributed by atoms with Crippen LogP contribution < -0.4 is 5.73 Å². The average Bonchev–Trinajstić information content (AvgIpc) is 2.71. The SMILES string of the molecule is Cc1sc2nc(CN3CCCC(C)C3C)nc(N)c2c1C. The first-order valence-electron chi connectivity index (χ1n) is 7.73. The molecule has 1 saturated heterocycles. The van der Waals surface area contributed by atoms with E-state index in [0.29, 0.717) is 11.9 Å². The van der Waals surface area contributed by atoms with Crippen LogP contribution in [0, 0.1) is 19.8 Å². The van der Waals surface area contributed by atoms with E-state index in [1.165, 1.54) is 23.3 Å². The topological polar surface area (TPSA) is 55.0 Å². The number of anilines is 1. The lowest BCUT2D eigenvalue weighted by molar-refractivity contribution is 0.104. The van der Waals surface area contributed by atoms with Crippen LogP contribution in [0.3, 0.4) is 0 Å². The second-order valence-electron chi connectivity index (χ2n) is 6.32. The van der Waals surface area contributed by atoms with Gasteiger partial charge in [0.25, 0.3) is 0 Å². The van der Waals surface area contributed by atoms with E-state index >= 15 is 0 Å². The molecule has 1 aliphatic heterocycles. The zero-order valence-electron chi connectivity index (χ0n) is 13.3. The minimum absolute atomic E-state index is 0.589. The van der Waals surface area contributed by atoms with Crippen LogP contribution in [0.2, 0.25) is 0 Å². The Morgan fingerprint density at radius 2 is 2.05 bits per heavy atom. The molecule has 0 amide bonds. The molecule has 2 aromatic rings. The van der Waals surface area contributed by atoms with Gasteiger partial charge in [-0.05, 0) is 51.6 Å². The molecule has 0 saturated carbocycles. The minimum Gasteiger partial charge on any atom is -0.383 e. The Balaban J connectivity index is 1.91. The van der Waals surface area contributed by atoms with E-state index in [4.69, 9.17) is 10.7 Å². The van der Waals surface area contributed by atoms with E-state index in [1.807, 2.05) is 0 Å². The average molecular weight is 304 g/mol. The van der Waals surface area contributed by atoms with E-state index < -0.39 is 0 Å². The summed E-state index contributed by atoms with van der Waals surface area (Å²) in [5.41, 5.74) is 7.40. The number of rotatable bonds is 2. The molecule has 2 aromatic heterocycles. The fourth-order valence-corrected chi connectivity index (χ4v) is 4.28. The number of aromatic nitrogens is 2. The molecule has 2 atom stereocenters. The molecule has 3 rings (SSSR count). The van der Waals surface area contributed by atoms with Gasteiger partial charge in [0.15, 0.2) is 0 Å². The number of fused-ring (bicyclic) bond motifs is 1. The van der Waals surface area contributed by atoms with Crippen LogP contribution in [0.15, 0.2) is 0 Å². The molecule has 1 fully saturated rings. The first-order chi connectivity index (χ1) is 9.97. The van der Waals surface area contributed by atoms with Gasteiger partial charge in [0.05, 0.1) is 11.9 Å². The molecule has 4 nitrogen and oxygen atoms in total. The predicted molar refractivity (Wildman–Crippen MR) is 89.6 cm³/mol. The maximum absolute atomic E-state index is 6.18. The second kappa shape index (κ2) is 5.54. The van der Waals surface area contributed by atoms with Crippen LogP contribution in [0.5, 0.6) is 0 Å². The molecule has 3 heterocycles. The van der Waals surface area contributed by atoms with Gasteiger partial charge in [-0.2, -0.15) is 0 Å². The van der Waals surface area contributed by atoms with Gasteiger partial charge < -0.3 is 5.73 Å². The van der Waals surface area contributed by atoms with E-state index in [2.05, 4.69) is 37.6 Å². The Morgan fingerprint density at radius 1 is 1.29 bits per heavy atom. The molecule has 2 N–H and O–H groups in total. The molecule has 2 unspecified atom stereocenters. The van der Waals surface area contributed by atoms with E-state index in [-0.39, 0.29) is 0 Å². The van der Waals surface area contributed by atoms with Crippen molar-refractivity contribution in [3.8, 4) is 0 Å². The van der Waals surface area contributed by atoms with E-state index in [1.54, 1.807) is 11.3 Å². The van der Waals surface area contributed by atoms with Crippen molar-refractivity contribution in [3.63, 3.8) is 0 Å². The van der Waals surface area contributed by atoms with E-state index in [9.17, 15) is 0 Å². The molecular weight excluding hydrogens is 280 g/mol. The quantitative estimate of drug-likeness (QED) is 0.922. The number of piperidine rings is 1. The van der Waals surface area contributed by atoms with Gasteiger partial charge in [0.1, 0.15) is 16.5 Å². The third-order valence-corrected chi connectivity index (χ3v) is 6.05. The zero-order valence-corrected chi connectivity index (χ0v) is 14.1. The predicted octanol–water partition coefficient (Wildman–Crippen LogP) is 3.51. The second-order valence-corrected chi connectivity index (χ2v) is 7.52. The fraction of sp³-hybridized carbons (Fsp3) is 0.625. The Bertz CT molecular complexity index is 664. The molecule has 5 heteroatoms. The number of nitrogens with two attached hydrogens (primary N) is 1. The van der Waals surface area contributed by atoms with Crippen LogP contribution in [-0.4, -0.2) is 27.5 Å². The first kappa shape index (κ1) is 14.7. The van der Waals surface area contributed by atoms with Crippen LogP contribution >= 0.6 is 11.3 Å². The van der Waals surface area contributed by atoms with Gasteiger partial charge in [0, 0.05) is 10.9 Å². The van der Waals surface area contributed by atoms with Gasteiger partial charge in [-0.15, -0.1) is 11.3 Å². The first-order valence-corrected chi connectivity index (χ1v) is 8.55. The largest absolute Gasteiger partial charge is 0.383 e. The number of thiophene rings is 1. The summed E-state index contributed by atoms with van der Waals surface area (Å²) in [6.07, 6.45) is 2.59. The lowest BCUT2D eigenvalue weighted by Crippen LogP contribution is -2.42. The monoisotopic (exact) mass is 304 g/mol. The van der Waals surface area contributed by atoms with Crippen LogP contribution in [0.4, 0.5) is 5.82 Å². The summed E-state index contributed by atoms with van der Waals surface area (Å²) < 4.78 is 0. The lowest BCUT2D eigenvalue weighted by Gasteiger charge is -2.37. The molecule has 1 aliphatic rings. The summed E-state index contributed by atoms with van der Waals surface area (Å²) in [7, 11) is 0. The lowest BCUT2D eigenvalue weighted by atomic mass is 9.92. The van der Waals surface area contributed by atoms with Crippen molar-refractivity contribution >= 4 is 27.4 Å². The highest BCUT2D eigenvalue weighted by molar-refractivity contribution is 7.18. The van der Waals surface area contributed by atoms with Gasteiger partial charge in [0.2, 0.25) is 0 Å². The van der Waals surface area contributed by atoms with Crippen molar-refractivity contribution in [1.29, 1.82) is 0 Å². The maximum Gasteiger partial charge on any atom is 0.146 e. The number of nitrogen functional groups attached to an aromatic ring is 1. The molecule has 0 aromatic carbocycles. The van der Waals surface area contributed by atoms with Crippen molar-refractivity contribution in [2.24, 2.45) is 5.92 Å². The Kier molecular flexibility index (Phi) is 3.88. The highest BCUT2D eigenvalue weighted by Gasteiger charge is 2.25. The third-order valence-electron chi connectivity index (χ3n) is 4.95. The molecular formula is C16H24N4S. The zero-order chi connectivity index (χ0) is 15.1. The number of hydrogen-bond donors (Lipinski definition) is 1. The highest BCUT2D eigenvalue weighted by atomic mass is 32.1. The normalized spacial score (nSPS) is 23.8. The maximum atomic E-state index is 6.18. The number of hydrogen-bond acceptors (Lipinski definition) is 5. The molecule has 114 valence electrons. The molecule has 0 radical (unpaired) electrons. The van der Waals surface area contributed by atoms with Crippen LogP contribution in [-0.2, 0) is 6.54 Å². The van der Waals surface area contributed by atoms with Crippen molar-refractivity contribution in [3.05, 3.63) is 16.3 Å². The summed E-state index contributed by atoms with van der Waals surface area (Å²) in [6, 6.07) is 0.589. The van der Waals surface area contributed by atoms with Crippen LogP contribution in [0.25, 0.3) is 10.2 Å². The van der Waals surface area contributed by atoms with Crippen molar-refractivity contribution < 1.29 is 0 Å². The molecule has 0 aliphatic carbocycles. The smallest absolute Gasteiger partial charge is 0.146 e. The van der Waals surface area contributed by atoms with Gasteiger partial charge in [-0.3, -0.25) is 4.90 Å². The molecule has 21 heavy (non-hydrogen) atoms. The fourth-order valence-electron chi connectivity index (χ4n) is 3.22. The summed E-state index contributed by atoms with van der Waals surface area (Å²) in [5.74, 6) is 2.24. The molecule has 0 spiro atoms. The third kappa shape index (κ3) is 2.64.